The lowest BCUT2D eigenvalue weighted by Gasteiger charge is -2.26. The summed E-state index contributed by atoms with van der Waals surface area (Å²) in [6.07, 6.45) is 1.46. The number of hydrogen-bond acceptors (Lipinski definition) is 4. The summed E-state index contributed by atoms with van der Waals surface area (Å²) in [4.78, 5) is 12.0. The Kier molecular flexibility index (Phi) is 2.83. The van der Waals surface area contributed by atoms with Gasteiger partial charge in [0.2, 0.25) is 5.78 Å². The predicted octanol–water partition coefficient (Wildman–Crippen LogP) is 0.932. The number of ketones is 1. The first-order valence-corrected chi connectivity index (χ1v) is 5.77. The smallest absolute Gasteiger partial charge is 0.217 e. The molecule has 3 rings (SSSR count). The summed E-state index contributed by atoms with van der Waals surface area (Å²) in [7, 11) is 0. The van der Waals surface area contributed by atoms with Crippen molar-refractivity contribution in [1.82, 2.24) is 20.3 Å². The van der Waals surface area contributed by atoms with Crippen molar-refractivity contribution < 1.29 is 13.6 Å². The molecule has 19 heavy (non-hydrogen) atoms. The maximum absolute atomic E-state index is 13.5. The van der Waals surface area contributed by atoms with Gasteiger partial charge in [-0.25, -0.2) is 13.5 Å². The first kappa shape index (κ1) is 11.9. The van der Waals surface area contributed by atoms with Crippen LogP contribution < -0.4 is 5.32 Å². The Morgan fingerprint density at radius 1 is 1.37 bits per heavy atom. The highest BCUT2D eigenvalue weighted by Crippen LogP contribution is 2.15. The lowest BCUT2D eigenvalue weighted by Crippen LogP contribution is -2.43. The van der Waals surface area contributed by atoms with Crippen LogP contribution in [0.5, 0.6) is 0 Å². The molecule has 98 valence electrons. The van der Waals surface area contributed by atoms with E-state index in [9.17, 15) is 13.6 Å². The standard InChI is InChI=1S/C12H10F2N4O/c13-7-1-2-10(14)9(3-7)12(19)11-6-18(17-16-11)8-4-15-5-8/h1-3,6,8,15H,4-5H2. The fourth-order valence-corrected chi connectivity index (χ4v) is 1.83. The molecule has 1 aromatic carbocycles. The monoisotopic (exact) mass is 264 g/mol. The van der Waals surface area contributed by atoms with Crippen molar-refractivity contribution in [2.24, 2.45) is 0 Å². The molecule has 5 nitrogen and oxygen atoms in total. The van der Waals surface area contributed by atoms with Gasteiger partial charge < -0.3 is 5.32 Å². The topological polar surface area (TPSA) is 59.8 Å². The first-order chi connectivity index (χ1) is 9.15. The van der Waals surface area contributed by atoms with Crippen molar-refractivity contribution in [3.8, 4) is 0 Å². The van der Waals surface area contributed by atoms with Crippen LogP contribution in [0.4, 0.5) is 8.78 Å². The molecule has 0 bridgehead atoms. The number of carbonyl (C=O) groups excluding carboxylic acids is 1. The van der Waals surface area contributed by atoms with Gasteiger partial charge >= 0.3 is 0 Å². The molecule has 0 radical (unpaired) electrons. The molecule has 7 heteroatoms. The van der Waals surface area contributed by atoms with E-state index in [-0.39, 0.29) is 17.3 Å². The molecule has 0 unspecified atom stereocenters. The van der Waals surface area contributed by atoms with Crippen LogP contribution in [0, 0.1) is 11.6 Å². The van der Waals surface area contributed by atoms with E-state index in [0.717, 1.165) is 31.3 Å². The molecule has 1 N–H and O–H groups in total. The molecule has 1 aliphatic rings. The zero-order chi connectivity index (χ0) is 13.4. The number of nitrogens with one attached hydrogen (secondary N) is 1. The van der Waals surface area contributed by atoms with Crippen molar-refractivity contribution in [3.63, 3.8) is 0 Å². The lowest BCUT2D eigenvalue weighted by atomic mass is 10.1. The third-order valence-corrected chi connectivity index (χ3v) is 3.05. The summed E-state index contributed by atoms with van der Waals surface area (Å²) in [5.74, 6) is -2.11. The number of halogens is 2. The van der Waals surface area contributed by atoms with Crippen LogP contribution in [-0.2, 0) is 0 Å². The predicted molar refractivity (Wildman–Crippen MR) is 61.7 cm³/mol. The van der Waals surface area contributed by atoms with Crippen molar-refractivity contribution >= 4 is 5.78 Å². The summed E-state index contributed by atoms with van der Waals surface area (Å²) < 4.78 is 28.1. The molecule has 0 spiro atoms. The average molecular weight is 264 g/mol. The van der Waals surface area contributed by atoms with E-state index in [1.54, 1.807) is 4.68 Å². The Morgan fingerprint density at radius 3 is 2.84 bits per heavy atom. The third kappa shape index (κ3) is 2.12. The SMILES string of the molecule is O=C(c1cn(C2CNC2)nn1)c1cc(F)ccc1F. The van der Waals surface area contributed by atoms with E-state index in [4.69, 9.17) is 0 Å². The van der Waals surface area contributed by atoms with Crippen molar-refractivity contribution in [2.75, 3.05) is 13.1 Å². The maximum atomic E-state index is 13.5. The highest BCUT2D eigenvalue weighted by Gasteiger charge is 2.23. The fourth-order valence-electron chi connectivity index (χ4n) is 1.83. The quantitative estimate of drug-likeness (QED) is 0.838. The minimum Gasteiger partial charge on any atom is -0.312 e. The van der Waals surface area contributed by atoms with Crippen molar-refractivity contribution in [3.05, 3.63) is 47.3 Å². The number of aromatic nitrogens is 3. The van der Waals surface area contributed by atoms with Gasteiger partial charge in [0.05, 0.1) is 17.8 Å². The second-order valence-electron chi connectivity index (χ2n) is 4.35. The van der Waals surface area contributed by atoms with Gasteiger partial charge in [-0.1, -0.05) is 5.21 Å². The van der Waals surface area contributed by atoms with Gasteiger partial charge in [-0.15, -0.1) is 5.10 Å². The molecule has 1 aliphatic heterocycles. The van der Waals surface area contributed by atoms with Crippen LogP contribution in [0.1, 0.15) is 22.1 Å². The van der Waals surface area contributed by atoms with Gasteiger partial charge in [0.1, 0.15) is 11.6 Å². The summed E-state index contributed by atoms with van der Waals surface area (Å²) in [6.45, 7) is 1.51. The Hall–Kier alpha value is -2.15. The Morgan fingerprint density at radius 2 is 2.16 bits per heavy atom. The van der Waals surface area contributed by atoms with Crippen LogP contribution in [0.2, 0.25) is 0 Å². The highest BCUT2D eigenvalue weighted by molar-refractivity contribution is 6.07. The summed E-state index contributed by atoms with van der Waals surface area (Å²) in [5.41, 5.74) is -0.324. The summed E-state index contributed by atoms with van der Waals surface area (Å²) in [5, 5.41) is 10.6. The van der Waals surface area contributed by atoms with E-state index in [2.05, 4.69) is 15.6 Å². The van der Waals surface area contributed by atoms with Crippen LogP contribution in [0.3, 0.4) is 0 Å². The number of benzene rings is 1. The van der Waals surface area contributed by atoms with Gasteiger partial charge in [-0.2, -0.15) is 0 Å². The molecule has 0 saturated carbocycles. The Balaban J connectivity index is 1.90. The molecule has 1 fully saturated rings. The first-order valence-electron chi connectivity index (χ1n) is 5.77. The van der Waals surface area contributed by atoms with E-state index in [1.165, 1.54) is 6.20 Å². The molecule has 1 saturated heterocycles. The lowest BCUT2D eigenvalue weighted by molar-refractivity contribution is 0.103. The molecule has 2 heterocycles. The van der Waals surface area contributed by atoms with Gasteiger partial charge in [-0.3, -0.25) is 4.79 Å². The number of carbonyl (C=O) groups is 1. The molecule has 1 aromatic heterocycles. The van der Waals surface area contributed by atoms with Gasteiger partial charge in [0.15, 0.2) is 5.69 Å². The zero-order valence-electron chi connectivity index (χ0n) is 9.81. The van der Waals surface area contributed by atoms with Gasteiger partial charge in [-0.05, 0) is 18.2 Å². The van der Waals surface area contributed by atoms with Crippen LogP contribution in [0.25, 0.3) is 0 Å². The summed E-state index contributed by atoms with van der Waals surface area (Å²) in [6, 6.07) is 2.90. The molecule has 0 aliphatic carbocycles. The largest absolute Gasteiger partial charge is 0.312 e. The zero-order valence-corrected chi connectivity index (χ0v) is 9.81. The number of nitrogens with zero attached hydrogens (tertiary/aromatic N) is 3. The van der Waals surface area contributed by atoms with Gasteiger partial charge in [0.25, 0.3) is 0 Å². The average Bonchev–Trinajstić information content (AvgIpc) is 2.78. The maximum Gasteiger partial charge on any atom is 0.217 e. The molecular formula is C12H10F2N4O. The highest BCUT2D eigenvalue weighted by atomic mass is 19.1. The second-order valence-corrected chi connectivity index (χ2v) is 4.35. The second kappa shape index (κ2) is 4.51. The Labute approximate surface area is 107 Å². The van der Waals surface area contributed by atoms with Crippen LogP contribution in [-0.4, -0.2) is 33.9 Å². The summed E-state index contributed by atoms with van der Waals surface area (Å²) >= 11 is 0. The van der Waals surface area contributed by atoms with E-state index in [0.29, 0.717) is 0 Å². The molecular weight excluding hydrogens is 254 g/mol. The minimum atomic E-state index is -0.772. The number of rotatable bonds is 3. The third-order valence-electron chi connectivity index (χ3n) is 3.05. The number of hydrogen-bond donors (Lipinski definition) is 1. The fraction of sp³-hybridized carbons (Fsp3) is 0.250. The normalized spacial score (nSPS) is 15.3. The van der Waals surface area contributed by atoms with Crippen LogP contribution in [0.15, 0.2) is 24.4 Å². The molecule has 0 atom stereocenters. The van der Waals surface area contributed by atoms with E-state index in [1.807, 2.05) is 0 Å². The molecule has 0 amide bonds. The van der Waals surface area contributed by atoms with Crippen LogP contribution >= 0.6 is 0 Å². The molecule has 2 aromatic rings. The van der Waals surface area contributed by atoms with E-state index < -0.39 is 17.4 Å². The minimum absolute atomic E-state index is 0.0106. The van der Waals surface area contributed by atoms with Crippen molar-refractivity contribution in [2.45, 2.75) is 6.04 Å². The Bertz CT molecular complexity index is 636. The van der Waals surface area contributed by atoms with Gasteiger partial charge in [0, 0.05) is 13.1 Å². The van der Waals surface area contributed by atoms with Crippen molar-refractivity contribution in [1.29, 1.82) is 0 Å². The van der Waals surface area contributed by atoms with E-state index >= 15 is 0 Å².